The van der Waals surface area contributed by atoms with E-state index in [4.69, 9.17) is 0 Å². The minimum Gasteiger partial charge on any atom is -0.354 e. The van der Waals surface area contributed by atoms with Crippen molar-refractivity contribution in [1.82, 2.24) is 14.5 Å². The summed E-state index contributed by atoms with van der Waals surface area (Å²) in [5, 5.41) is 2.88. The van der Waals surface area contributed by atoms with Crippen LogP contribution in [-0.2, 0) is 26.3 Å². The van der Waals surface area contributed by atoms with E-state index in [1.54, 1.807) is 6.92 Å². The molecule has 0 aliphatic rings. The van der Waals surface area contributed by atoms with Gasteiger partial charge in [-0.2, -0.15) is 12.7 Å². The van der Waals surface area contributed by atoms with Gasteiger partial charge < -0.3 is 10.2 Å². The van der Waals surface area contributed by atoms with Crippen molar-refractivity contribution >= 4 is 27.7 Å². The normalized spacial score (nSPS) is 12.3. The zero-order valence-electron chi connectivity index (χ0n) is 21.7. The number of para-hydroxylation sites is 1. The maximum Gasteiger partial charge on any atom is 0.304 e. The lowest BCUT2D eigenvalue weighted by molar-refractivity contribution is -0.140. The molecule has 8 nitrogen and oxygen atoms in total. The largest absolute Gasteiger partial charge is 0.354 e. The molecular weight excluding hydrogens is 483 g/mol. The highest BCUT2D eigenvalue weighted by atomic mass is 32.2. The second kappa shape index (κ2) is 13.4. The van der Waals surface area contributed by atoms with E-state index in [0.717, 1.165) is 38.6 Å². The first-order valence-corrected chi connectivity index (χ1v) is 13.5. The lowest BCUT2D eigenvalue weighted by atomic mass is 10.1. The Morgan fingerprint density at radius 3 is 2.25 bits per heavy atom. The maximum absolute atomic E-state index is 14.7. The average molecular weight is 521 g/mol. The SMILES string of the molecule is CCCCNC(=O)C(CC)N(Cc1ccccc1C)C(=O)CN(c1ccccc1F)S(=O)(=O)N(C)C. The van der Waals surface area contributed by atoms with Crippen LogP contribution in [-0.4, -0.2) is 62.7 Å². The van der Waals surface area contributed by atoms with Gasteiger partial charge >= 0.3 is 10.2 Å². The number of nitrogens with one attached hydrogen (secondary N) is 1. The fraction of sp³-hybridized carbons (Fsp3) is 0.462. The molecule has 0 saturated heterocycles. The molecule has 198 valence electrons. The Bertz CT molecular complexity index is 1140. The van der Waals surface area contributed by atoms with Gasteiger partial charge in [0.15, 0.2) is 0 Å². The lowest BCUT2D eigenvalue weighted by Gasteiger charge is -2.34. The average Bonchev–Trinajstić information content (AvgIpc) is 2.84. The highest BCUT2D eigenvalue weighted by Gasteiger charge is 2.34. The molecule has 0 fully saturated rings. The molecule has 0 aromatic heterocycles. The molecule has 2 rings (SSSR count). The molecule has 2 aromatic rings. The molecule has 2 aromatic carbocycles. The number of nitrogens with zero attached hydrogens (tertiary/aromatic N) is 3. The van der Waals surface area contributed by atoms with E-state index >= 15 is 0 Å². The van der Waals surface area contributed by atoms with Crippen LogP contribution in [0.1, 0.15) is 44.2 Å². The summed E-state index contributed by atoms with van der Waals surface area (Å²) in [4.78, 5) is 28.2. The van der Waals surface area contributed by atoms with E-state index in [0.29, 0.717) is 13.0 Å². The number of hydrogen-bond donors (Lipinski definition) is 1. The van der Waals surface area contributed by atoms with Gasteiger partial charge in [0, 0.05) is 27.2 Å². The smallest absolute Gasteiger partial charge is 0.304 e. The number of halogens is 1. The Morgan fingerprint density at radius 1 is 1.03 bits per heavy atom. The molecule has 1 N–H and O–H groups in total. The minimum absolute atomic E-state index is 0.109. The van der Waals surface area contributed by atoms with Crippen molar-refractivity contribution in [3.8, 4) is 0 Å². The van der Waals surface area contributed by atoms with E-state index in [-0.39, 0.29) is 18.1 Å². The molecule has 2 amide bonds. The van der Waals surface area contributed by atoms with E-state index in [1.165, 1.54) is 37.2 Å². The Balaban J connectivity index is 2.50. The predicted octanol–water partition coefficient (Wildman–Crippen LogP) is 3.47. The van der Waals surface area contributed by atoms with Gasteiger partial charge in [-0.25, -0.2) is 8.70 Å². The van der Waals surface area contributed by atoms with Gasteiger partial charge in [-0.05, 0) is 43.0 Å². The van der Waals surface area contributed by atoms with Crippen molar-refractivity contribution in [2.24, 2.45) is 0 Å². The zero-order chi connectivity index (χ0) is 26.9. The van der Waals surface area contributed by atoms with Gasteiger partial charge in [0.25, 0.3) is 0 Å². The van der Waals surface area contributed by atoms with Crippen molar-refractivity contribution in [1.29, 1.82) is 0 Å². The van der Waals surface area contributed by atoms with Crippen LogP contribution in [0.2, 0.25) is 0 Å². The van der Waals surface area contributed by atoms with Gasteiger partial charge in [0.05, 0.1) is 5.69 Å². The molecule has 0 heterocycles. The topological polar surface area (TPSA) is 90.0 Å². The van der Waals surface area contributed by atoms with Crippen LogP contribution in [0.25, 0.3) is 0 Å². The van der Waals surface area contributed by atoms with Gasteiger partial charge in [0.1, 0.15) is 18.4 Å². The third-order valence-corrected chi connectivity index (χ3v) is 7.76. The van der Waals surface area contributed by atoms with E-state index in [2.05, 4.69) is 5.32 Å². The highest BCUT2D eigenvalue weighted by molar-refractivity contribution is 7.90. The molecular formula is C26H37FN4O4S. The molecule has 10 heteroatoms. The summed E-state index contributed by atoms with van der Waals surface area (Å²) in [6.45, 7) is 5.65. The van der Waals surface area contributed by atoms with Gasteiger partial charge in [-0.1, -0.05) is 56.7 Å². The summed E-state index contributed by atoms with van der Waals surface area (Å²) in [6.07, 6.45) is 2.04. The molecule has 0 bridgehead atoms. The van der Waals surface area contributed by atoms with Crippen molar-refractivity contribution in [2.75, 3.05) is 31.5 Å². The standard InChI is InChI=1S/C26H37FN4O4S/c1-6-8-17-28-26(33)23(7-2)30(18-21-14-10-9-13-20(21)3)25(32)19-31(36(34,35)29(4)5)24-16-12-11-15-22(24)27/h9-16,23H,6-8,17-19H2,1-5H3,(H,28,33). The third-order valence-electron chi connectivity index (χ3n) is 5.96. The van der Waals surface area contributed by atoms with Crippen molar-refractivity contribution < 1.29 is 22.4 Å². The number of anilines is 1. The van der Waals surface area contributed by atoms with Crippen LogP contribution in [0, 0.1) is 12.7 Å². The van der Waals surface area contributed by atoms with Crippen LogP contribution < -0.4 is 9.62 Å². The number of aryl methyl sites for hydroxylation is 1. The molecule has 0 radical (unpaired) electrons. The van der Waals surface area contributed by atoms with Crippen LogP contribution in [0.3, 0.4) is 0 Å². The number of rotatable bonds is 13. The van der Waals surface area contributed by atoms with Crippen molar-refractivity contribution in [3.05, 3.63) is 65.5 Å². The number of unbranched alkanes of at least 4 members (excludes halogenated alkanes) is 1. The number of amides is 2. The lowest BCUT2D eigenvalue weighted by Crippen LogP contribution is -2.53. The molecule has 0 aliphatic heterocycles. The zero-order valence-corrected chi connectivity index (χ0v) is 22.5. The first-order valence-electron chi connectivity index (χ1n) is 12.1. The summed E-state index contributed by atoms with van der Waals surface area (Å²) in [5.41, 5.74) is 1.53. The summed E-state index contributed by atoms with van der Waals surface area (Å²) in [6, 6.07) is 12.1. The summed E-state index contributed by atoms with van der Waals surface area (Å²) < 4.78 is 42.6. The Kier molecular flexibility index (Phi) is 10.9. The Hall–Kier alpha value is -2.98. The Labute approximate surface area is 214 Å². The van der Waals surface area contributed by atoms with E-state index in [9.17, 15) is 22.4 Å². The van der Waals surface area contributed by atoms with Crippen molar-refractivity contribution in [2.45, 2.75) is 52.6 Å². The quantitative estimate of drug-likeness (QED) is 0.410. The van der Waals surface area contributed by atoms with Gasteiger partial charge in [-0.3, -0.25) is 9.59 Å². The van der Waals surface area contributed by atoms with Crippen LogP contribution >= 0.6 is 0 Å². The van der Waals surface area contributed by atoms with Crippen LogP contribution in [0.15, 0.2) is 48.5 Å². The first-order chi connectivity index (χ1) is 17.0. The molecule has 36 heavy (non-hydrogen) atoms. The number of carbonyl (C=O) groups excluding carboxylic acids is 2. The van der Waals surface area contributed by atoms with Crippen LogP contribution in [0.4, 0.5) is 10.1 Å². The molecule has 1 atom stereocenters. The number of hydrogen-bond acceptors (Lipinski definition) is 4. The van der Waals surface area contributed by atoms with E-state index < -0.39 is 34.5 Å². The fourth-order valence-corrected chi connectivity index (χ4v) is 4.82. The van der Waals surface area contributed by atoms with Crippen molar-refractivity contribution in [3.63, 3.8) is 0 Å². The molecule has 0 saturated carbocycles. The summed E-state index contributed by atoms with van der Waals surface area (Å²) in [5.74, 6) is -1.68. The second-order valence-electron chi connectivity index (χ2n) is 8.76. The maximum atomic E-state index is 14.7. The number of benzene rings is 2. The van der Waals surface area contributed by atoms with Crippen LogP contribution in [0.5, 0.6) is 0 Å². The Morgan fingerprint density at radius 2 is 1.67 bits per heavy atom. The summed E-state index contributed by atoms with van der Waals surface area (Å²) in [7, 11) is -1.59. The van der Waals surface area contributed by atoms with E-state index in [1.807, 2.05) is 38.1 Å². The molecule has 0 spiro atoms. The second-order valence-corrected chi connectivity index (χ2v) is 10.8. The molecule has 0 aliphatic carbocycles. The highest BCUT2D eigenvalue weighted by Crippen LogP contribution is 2.24. The predicted molar refractivity (Wildman–Crippen MR) is 140 cm³/mol. The minimum atomic E-state index is -4.22. The number of carbonyl (C=O) groups is 2. The van der Waals surface area contributed by atoms with Gasteiger partial charge in [0.2, 0.25) is 11.8 Å². The first kappa shape index (κ1) is 29.3. The summed E-state index contributed by atoms with van der Waals surface area (Å²) >= 11 is 0. The monoisotopic (exact) mass is 520 g/mol. The van der Waals surface area contributed by atoms with Gasteiger partial charge in [-0.15, -0.1) is 0 Å². The molecule has 1 unspecified atom stereocenters. The fourth-order valence-electron chi connectivity index (χ4n) is 3.75. The third kappa shape index (κ3) is 7.27.